The molecule has 0 aliphatic carbocycles. The third kappa shape index (κ3) is 10.8. The molecule has 0 saturated carbocycles. The van der Waals surface area contributed by atoms with Crippen molar-refractivity contribution in [1.82, 2.24) is 0 Å². The lowest BCUT2D eigenvalue weighted by Gasteiger charge is -1.94. The average molecular weight is 179 g/mol. The fraction of sp³-hybridized carbons (Fsp3) is 0.364. The van der Waals surface area contributed by atoms with Gasteiger partial charge in [-0.05, 0) is 13.0 Å². The lowest BCUT2D eigenvalue weighted by atomic mass is 10.4. The van der Waals surface area contributed by atoms with Gasteiger partial charge in [0.05, 0.1) is 19.8 Å². The van der Waals surface area contributed by atoms with Crippen LogP contribution in [0.25, 0.3) is 0 Å². The van der Waals surface area contributed by atoms with E-state index in [-0.39, 0.29) is 0 Å². The molecule has 0 spiro atoms. The van der Waals surface area contributed by atoms with E-state index in [0.29, 0.717) is 19.8 Å². The molecule has 0 aromatic heterocycles. The van der Waals surface area contributed by atoms with Gasteiger partial charge in [-0.15, -0.1) is 6.58 Å². The van der Waals surface area contributed by atoms with Crippen molar-refractivity contribution in [3.8, 4) is 0 Å². The summed E-state index contributed by atoms with van der Waals surface area (Å²) in [7, 11) is 0. The first kappa shape index (κ1) is 11.8. The second kappa shape index (κ2) is 10.8. The van der Waals surface area contributed by atoms with Gasteiger partial charge in [0.1, 0.15) is 0 Å². The molecule has 0 fully saturated rings. The zero-order valence-electron chi connectivity index (χ0n) is 8.15. The molecule has 72 valence electrons. The molecule has 0 rings (SSSR count). The summed E-state index contributed by atoms with van der Waals surface area (Å²) < 4.78 is 5.14. The van der Waals surface area contributed by atoms with E-state index in [1.807, 2.05) is 31.2 Å². The van der Waals surface area contributed by atoms with E-state index in [9.17, 15) is 0 Å². The summed E-state index contributed by atoms with van der Waals surface area (Å²) in [6.07, 6.45) is 11.3. The van der Waals surface area contributed by atoms with Gasteiger partial charge >= 0.3 is 0 Å². The van der Waals surface area contributed by atoms with E-state index in [4.69, 9.17) is 4.74 Å². The van der Waals surface area contributed by atoms with Gasteiger partial charge in [0.15, 0.2) is 0 Å². The Balaban J connectivity index is 3.26. The van der Waals surface area contributed by atoms with Gasteiger partial charge in [0, 0.05) is 6.21 Å². The van der Waals surface area contributed by atoms with Gasteiger partial charge in [-0.25, -0.2) is 0 Å². The van der Waals surface area contributed by atoms with Gasteiger partial charge in [0.2, 0.25) is 0 Å². The van der Waals surface area contributed by atoms with Crippen molar-refractivity contribution >= 4 is 6.21 Å². The van der Waals surface area contributed by atoms with Crippen LogP contribution < -0.4 is 0 Å². The topological polar surface area (TPSA) is 21.6 Å². The lowest BCUT2D eigenvalue weighted by Crippen LogP contribution is -1.97. The van der Waals surface area contributed by atoms with Gasteiger partial charge in [-0.2, -0.15) is 0 Å². The Kier molecular flexibility index (Phi) is 9.89. The van der Waals surface area contributed by atoms with E-state index in [1.54, 1.807) is 12.3 Å². The van der Waals surface area contributed by atoms with Crippen LogP contribution in [0.4, 0.5) is 0 Å². The molecule has 0 aromatic carbocycles. The molecule has 0 amide bonds. The third-order valence-electron chi connectivity index (χ3n) is 1.21. The molecule has 0 bridgehead atoms. The molecule has 0 unspecified atom stereocenters. The van der Waals surface area contributed by atoms with Gasteiger partial charge < -0.3 is 4.74 Å². The fourth-order valence-corrected chi connectivity index (χ4v) is 0.644. The maximum absolute atomic E-state index is 5.14. The van der Waals surface area contributed by atoms with Crippen molar-refractivity contribution in [2.45, 2.75) is 6.92 Å². The van der Waals surface area contributed by atoms with Crippen molar-refractivity contribution in [2.75, 3.05) is 19.8 Å². The second-order valence-corrected chi connectivity index (χ2v) is 2.33. The predicted octanol–water partition coefficient (Wildman–Crippen LogP) is 2.39. The quantitative estimate of drug-likeness (QED) is 0.254. The molecule has 2 nitrogen and oxygen atoms in total. The molecular formula is C11H17NO. The number of ether oxygens (including phenoxy) is 1. The summed E-state index contributed by atoms with van der Waals surface area (Å²) in [6.45, 7) is 7.48. The SMILES string of the molecule is C=CCOCC/N=C/C=C\C=C/C. The molecule has 0 aliphatic rings. The number of hydrogen-bond acceptors (Lipinski definition) is 2. The van der Waals surface area contributed by atoms with Crippen molar-refractivity contribution in [3.63, 3.8) is 0 Å². The molecule has 0 aliphatic heterocycles. The molecule has 13 heavy (non-hydrogen) atoms. The zero-order chi connectivity index (χ0) is 9.78. The molecule has 0 heterocycles. The fourth-order valence-electron chi connectivity index (χ4n) is 0.644. The minimum Gasteiger partial charge on any atom is -0.375 e. The van der Waals surface area contributed by atoms with Crippen LogP contribution in [-0.2, 0) is 4.74 Å². The van der Waals surface area contributed by atoms with E-state index in [2.05, 4.69) is 11.6 Å². The zero-order valence-corrected chi connectivity index (χ0v) is 8.15. The highest BCUT2D eigenvalue weighted by molar-refractivity contribution is 5.71. The van der Waals surface area contributed by atoms with Crippen LogP contribution in [0.5, 0.6) is 0 Å². The van der Waals surface area contributed by atoms with Crippen molar-refractivity contribution < 1.29 is 4.74 Å². The van der Waals surface area contributed by atoms with Crippen LogP contribution in [0.1, 0.15) is 6.92 Å². The van der Waals surface area contributed by atoms with Crippen LogP contribution in [0.15, 0.2) is 42.0 Å². The minimum absolute atomic E-state index is 0.601. The first-order chi connectivity index (χ1) is 6.41. The van der Waals surface area contributed by atoms with E-state index < -0.39 is 0 Å². The standard InChI is InChI=1S/C11H17NO/c1-3-5-6-7-8-12-9-11-13-10-4-2/h3-8H,2,9-11H2,1H3/b5-3-,7-6-,12-8+. The van der Waals surface area contributed by atoms with Gasteiger partial charge in [0.25, 0.3) is 0 Å². The number of rotatable bonds is 7. The Hall–Kier alpha value is -1.15. The van der Waals surface area contributed by atoms with Crippen LogP contribution in [-0.4, -0.2) is 26.0 Å². The number of aliphatic imine (C=N–C) groups is 1. The van der Waals surface area contributed by atoms with E-state index in [0.717, 1.165) is 0 Å². The van der Waals surface area contributed by atoms with Crippen LogP contribution in [0, 0.1) is 0 Å². The Morgan fingerprint density at radius 2 is 2.15 bits per heavy atom. The minimum atomic E-state index is 0.601. The van der Waals surface area contributed by atoms with E-state index >= 15 is 0 Å². The van der Waals surface area contributed by atoms with Crippen LogP contribution in [0.2, 0.25) is 0 Å². The smallest absolute Gasteiger partial charge is 0.0666 e. The molecule has 0 radical (unpaired) electrons. The highest BCUT2D eigenvalue weighted by atomic mass is 16.5. The maximum Gasteiger partial charge on any atom is 0.0666 e. The first-order valence-electron chi connectivity index (χ1n) is 4.38. The molecule has 0 aromatic rings. The Bertz CT molecular complexity index is 192. The van der Waals surface area contributed by atoms with Crippen LogP contribution >= 0.6 is 0 Å². The largest absolute Gasteiger partial charge is 0.375 e. The number of allylic oxidation sites excluding steroid dienone is 4. The molecule has 2 heteroatoms. The lowest BCUT2D eigenvalue weighted by molar-refractivity contribution is 0.171. The third-order valence-corrected chi connectivity index (χ3v) is 1.21. The summed E-state index contributed by atoms with van der Waals surface area (Å²) in [5, 5.41) is 0. The average Bonchev–Trinajstić information content (AvgIpc) is 2.16. The molecular weight excluding hydrogens is 162 g/mol. The summed E-state index contributed by atoms with van der Waals surface area (Å²) in [4.78, 5) is 4.11. The van der Waals surface area contributed by atoms with Crippen LogP contribution in [0.3, 0.4) is 0 Å². The Morgan fingerprint density at radius 3 is 2.85 bits per heavy atom. The summed E-state index contributed by atoms with van der Waals surface area (Å²) in [5.74, 6) is 0. The van der Waals surface area contributed by atoms with Crippen molar-refractivity contribution in [3.05, 3.63) is 37.0 Å². The highest BCUT2D eigenvalue weighted by Gasteiger charge is 1.79. The Morgan fingerprint density at radius 1 is 1.31 bits per heavy atom. The highest BCUT2D eigenvalue weighted by Crippen LogP contribution is 1.78. The number of nitrogens with zero attached hydrogens (tertiary/aromatic N) is 1. The summed E-state index contributed by atoms with van der Waals surface area (Å²) in [6, 6.07) is 0. The van der Waals surface area contributed by atoms with Gasteiger partial charge in [-0.1, -0.05) is 24.3 Å². The molecule has 0 saturated heterocycles. The van der Waals surface area contributed by atoms with Crippen molar-refractivity contribution in [1.29, 1.82) is 0 Å². The maximum atomic E-state index is 5.14. The first-order valence-corrected chi connectivity index (χ1v) is 4.38. The summed E-state index contributed by atoms with van der Waals surface area (Å²) in [5.41, 5.74) is 0. The molecule has 0 atom stereocenters. The number of hydrogen-bond donors (Lipinski definition) is 0. The molecule has 0 N–H and O–H groups in total. The monoisotopic (exact) mass is 179 g/mol. The van der Waals surface area contributed by atoms with Crippen molar-refractivity contribution in [2.24, 2.45) is 4.99 Å². The van der Waals surface area contributed by atoms with Gasteiger partial charge in [-0.3, -0.25) is 4.99 Å². The van der Waals surface area contributed by atoms with E-state index in [1.165, 1.54) is 0 Å². The normalized spacial score (nSPS) is 12.1. The summed E-state index contributed by atoms with van der Waals surface area (Å²) >= 11 is 0. The Labute approximate surface area is 80.3 Å². The second-order valence-electron chi connectivity index (χ2n) is 2.33. The predicted molar refractivity (Wildman–Crippen MR) is 58.3 cm³/mol.